The number of carbonyl (C=O) groups excluding carboxylic acids is 1. The van der Waals surface area contributed by atoms with E-state index in [-0.39, 0.29) is 5.91 Å². The molecule has 0 bridgehead atoms. The van der Waals surface area contributed by atoms with Gasteiger partial charge in [0.05, 0.1) is 26.2 Å². The van der Waals surface area contributed by atoms with Gasteiger partial charge in [-0.2, -0.15) is 0 Å². The maximum Gasteiger partial charge on any atom is 0.279 e. The van der Waals surface area contributed by atoms with Crippen molar-refractivity contribution >= 4 is 23.1 Å². The van der Waals surface area contributed by atoms with Crippen LogP contribution in [0, 0.1) is 0 Å². The van der Waals surface area contributed by atoms with Crippen molar-refractivity contribution in [1.82, 2.24) is 4.98 Å². The molecular weight excluding hydrogens is 338 g/mol. The van der Waals surface area contributed by atoms with Crippen molar-refractivity contribution in [2.75, 3.05) is 60.9 Å². The van der Waals surface area contributed by atoms with Crippen LogP contribution in [0.25, 0.3) is 0 Å². The van der Waals surface area contributed by atoms with Crippen molar-refractivity contribution in [2.24, 2.45) is 0 Å². The van der Waals surface area contributed by atoms with E-state index in [0.717, 1.165) is 50.8 Å². The fraction of sp³-hybridized carbons (Fsp3) is 0.429. The van der Waals surface area contributed by atoms with Gasteiger partial charge >= 0.3 is 0 Å². The molecule has 6 nitrogen and oxygen atoms in total. The van der Waals surface area contributed by atoms with E-state index in [1.165, 1.54) is 10.6 Å². The van der Waals surface area contributed by atoms with Crippen LogP contribution < -0.4 is 20.0 Å². The Kier molecular flexibility index (Phi) is 6.65. The third kappa shape index (κ3) is 5.20. The van der Waals surface area contributed by atoms with Crippen molar-refractivity contribution in [3.05, 3.63) is 48.7 Å². The Morgan fingerprint density at radius 1 is 1.11 bits per heavy atom. The molecule has 1 aliphatic rings. The number of quaternary nitrogens is 1. The molecule has 1 aromatic carbocycles. The molecule has 2 N–H and O–H groups in total. The van der Waals surface area contributed by atoms with Gasteiger partial charge in [-0.3, -0.25) is 4.79 Å². The molecular formula is C21H30N5O+. The first-order chi connectivity index (χ1) is 13.2. The average Bonchev–Trinajstić information content (AvgIpc) is 2.71. The lowest BCUT2D eigenvalue weighted by molar-refractivity contribution is -0.892. The van der Waals surface area contributed by atoms with E-state index in [1.807, 2.05) is 36.5 Å². The number of hydrogen-bond donors (Lipinski definition) is 2. The highest BCUT2D eigenvalue weighted by Crippen LogP contribution is 2.17. The van der Waals surface area contributed by atoms with Gasteiger partial charge in [0.2, 0.25) is 0 Å². The fourth-order valence-corrected chi connectivity index (χ4v) is 3.55. The minimum atomic E-state index is 0.0758. The second kappa shape index (κ2) is 9.37. The number of aromatic nitrogens is 1. The Labute approximate surface area is 161 Å². The van der Waals surface area contributed by atoms with Crippen LogP contribution in [0.1, 0.15) is 13.8 Å². The zero-order valence-electron chi connectivity index (χ0n) is 16.3. The van der Waals surface area contributed by atoms with E-state index in [0.29, 0.717) is 6.54 Å². The molecule has 0 spiro atoms. The van der Waals surface area contributed by atoms with Crippen LogP contribution in [0.4, 0.5) is 17.2 Å². The van der Waals surface area contributed by atoms with Crippen molar-refractivity contribution in [3.63, 3.8) is 0 Å². The predicted octanol–water partition coefficient (Wildman–Crippen LogP) is 1.27. The van der Waals surface area contributed by atoms with Crippen molar-refractivity contribution < 1.29 is 9.69 Å². The van der Waals surface area contributed by atoms with Crippen LogP contribution in [0.3, 0.4) is 0 Å². The Morgan fingerprint density at radius 3 is 2.41 bits per heavy atom. The number of nitrogens with one attached hydrogen (secondary N) is 2. The number of amides is 1. The van der Waals surface area contributed by atoms with Crippen molar-refractivity contribution in [2.45, 2.75) is 13.8 Å². The van der Waals surface area contributed by atoms with Gasteiger partial charge in [-0.1, -0.05) is 6.07 Å². The monoisotopic (exact) mass is 368 g/mol. The average molecular weight is 369 g/mol. The van der Waals surface area contributed by atoms with E-state index < -0.39 is 0 Å². The lowest BCUT2D eigenvalue weighted by Crippen LogP contribution is -3.15. The maximum absolute atomic E-state index is 12.4. The van der Waals surface area contributed by atoms with Crippen LogP contribution in [-0.4, -0.2) is 56.7 Å². The first kappa shape index (κ1) is 19.2. The van der Waals surface area contributed by atoms with Crippen LogP contribution in [-0.2, 0) is 4.79 Å². The van der Waals surface area contributed by atoms with Gasteiger partial charge < -0.3 is 20.0 Å². The molecule has 3 rings (SSSR count). The molecule has 0 aliphatic carbocycles. The van der Waals surface area contributed by atoms with E-state index in [4.69, 9.17) is 0 Å². The quantitative estimate of drug-likeness (QED) is 0.773. The zero-order valence-corrected chi connectivity index (χ0v) is 16.3. The Hall–Kier alpha value is -2.60. The summed E-state index contributed by atoms with van der Waals surface area (Å²) in [5.74, 6) is 1.10. The molecule has 0 atom stereocenters. The first-order valence-electron chi connectivity index (χ1n) is 9.84. The van der Waals surface area contributed by atoms with Crippen molar-refractivity contribution in [1.29, 1.82) is 0 Å². The number of nitrogens with zero attached hydrogens (tertiary/aromatic N) is 3. The van der Waals surface area contributed by atoms with Crippen LogP contribution >= 0.6 is 0 Å². The van der Waals surface area contributed by atoms with Gasteiger partial charge in [0.1, 0.15) is 5.82 Å². The molecule has 0 unspecified atom stereocenters. The Bertz CT molecular complexity index is 707. The molecule has 0 radical (unpaired) electrons. The number of benzene rings is 1. The number of carbonyl (C=O) groups is 1. The topological polar surface area (TPSA) is 52.9 Å². The zero-order chi connectivity index (χ0) is 19.1. The standard InChI is InChI=1S/C21H29N5O/c1-3-25(4-2)19-10-8-18(9-11-19)23-21(27)17-24-13-15-26(16-14-24)20-7-5-6-12-22-20/h5-12H,3-4,13-17H2,1-2H3,(H,23,27)/p+1. The summed E-state index contributed by atoms with van der Waals surface area (Å²) in [6.07, 6.45) is 1.83. The number of piperazine rings is 1. The van der Waals surface area contributed by atoms with E-state index >= 15 is 0 Å². The molecule has 1 aromatic heterocycles. The minimum absolute atomic E-state index is 0.0758. The molecule has 1 aliphatic heterocycles. The summed E-state index contributed by atoms with van der Waals surface area (Å²) in [6, 6.07) is 14.1. The summed E-state index contributed by atoms with van der Waals surface area (Å²) < 4.78 is 0. The van der Waals surface area contributed by atoms with Crippen molar-refractivity contribution in [3.8, 4) is 0 Å². The number of anilines is 3. The molecule has 1 fully saturated rings. The molecule has 2 aromatic rings. The lowest BCUT2D eigenvalue weighted by Gasteiger charge is -2.32. The van der Waals surface area contributed by atoms with Crippen LogP contribution in [0.15, 0.2) is 48.7 Å². The molecule has 27 heavy (non-hydrogen) atoms. The second-order valence-corrected chi connectivity index (χ2v) is 6.87. The molecule has 1 amide bonds. The van der Waals surface area contributed by atoms with Gasteiger partial charge in [-0.05, 0) is 50.2 Å². The summed E-state index contributed by atoms with van der Waals surface area (Å²) in [5, 5.41) is 3.03. The first-order valence-corrected chi connectivity index (χ1v) is 9.84. The van der Waals surface area contributed by atoms with Gasteiger partial charge in [0.25, 0.3) is 5.91 Å². The molecule has 6 heteroatoms. The smallest absolute Gasteiger partial charge is 0.279 e. The SMILES string of the molecule is CCN(CC)c1ccc(NC(=O)C[NH+]2CCN(c3ccccn3)CC2)cc1. The van der Waals surface area contributed by atoms with Crippen LogP contribution in [0.5, 0.6) is 0 Å². The maximum atomic E-state index is 12.4. The number of hydrogen-bond acceptors (Lipinski definition) is 4. The highest BCUT2D eigenvalue weighted by molar-refractivity contribution is 5.91. The Balaban J connectivity index is 1.46. The Morgan fingerprint density at radius 2 is 1.81 bits per heavy atom. The van der Waals surface area contributed by atoms with E-state index in [1.54, 1.807) is 0 Å². The summed E-state index contributed by atoms with van der Waals surface area (Å²) in [4.78, 5) is 22.7. The minimum Gasteiger partial charge on any atom is -0.372 e. The van der Waals surface area contributed by atoms with Gasteiger partial charge in [-0.25, -0.2) is 4.98 Å². The summed E-state index contributed by atoms with van der Waals surface area (Å²) >= 11 is 0. The molecule has 144 valence electrons. The predicted molar refractivity (Wildman–Crippen MR) is 111 cm³/mol. The largest absolute Gasteiger partial charge is 0.372 e. The van der Waals surface area contributed by atoms with E-state index in [2.05, 4.69) is 46.1 Å². The summed E-state index contributed by atoms with van der Waals surface area (Å²) in [7, 11) is 0. The summed E-state index contributed by atoms with van der Waals surface area (Å²) in [6.45, 7) is 10.5. The van der Waals surface area contributed by atoms with E-state index in [9.17, 15) is 4.79 Å². The second-order valence-electron chi connectivity index (χ2n) is 6.87. The summed E-state index contributed by atoms with van der Waals surface area (Å²) in [5.41, 5.74) is 2.05. The highest BCUT2D eigenvalue weighted by Gasteiger charge is 2.22. The molecule has 0 saturated carbocycles. The normalized spacial score (nSPS) is 14.8. The van der Waals surface area contributed by atoms with Gasteiger partial charge in [0.15, 0.2) is 6.54 Å². The fourth-order valence-electron chi connectivity index (χ4n) is 3.55. The molecule has 2 heterocycles. The van der Waals surface area contributed by atoms with Gasteiger partial charge in [-0.15, -0.1) is 0 Å². The number of rotatable bonds is 7. The van der Waals surface area contributed by atoms with Gasteiger partial charge in [0, 0.05) is 30.7 Å². The third-order valence-electron chi connectivity index (χ3n) is 5.13. The number of pyridine rings is 1. The third-order valence-corrected chi connectivity index (χ3v) is 5.13. The molecule has 1 saturated heterocycles. The highest BCUT2D eigenvalue weighted by atomic mass is 16.2. The van der Waals surface area contributed by atoms with Crippen LogP contribution in [0.2, 0.25) is 0 Å². The lowest BCUT2D eigenvalue weighted by atomic mass is 10.2.